The summed E-state index contributed by atoms with van der Waals surface area (Å²) in [5.41, 5.74) is 5.36. The zero-order chi connectivity index (χ0) is 24.2. The van der Waals surface area contributed by atoms with Crippen LogP contribution in [-0.2, 0) is 23.4 Å². The SMILES string of the molecule is CCCCCCCCCCCCCCCC(=O)OCCCP(=O)(O)O[C@@H](C)[C@H](N)C(=O)O. The maximum absolute atomic E-state index is 11.9. The lowest BCUT2D eigenvalue weighted by atomic mass is 10.0. The Kier molecular flexibility index (Phi) is 18.9. The molecule has 1 unspecified atom stereocenters. The van der Waals surface area contributed by atoms with Crippen LogP contribution in [0.1, 0.15) is 110 Å². The van der Waals surface area contributed by atoms with Gasteiger partial charge in [0, 0.05) is 6.42 Å². The summed E-state index contributed by atoms with van der Waals surface area (Å²) in [5.74, 6) is -1.61. The van der Waals surface area contributed by atoms with Gasteiger partial charge in [0.15, 0.2) is 0 Å². The van der Waals surface area contributed by atoms with Crippen molar-refractivity contribution in [3.63, 3.8) is 0 Å². The van der Waals surface area contributed by atoms with Crippen molar-refractivity contribution in [3.05, 3.63) is 0 Å². The van der Waals surface area contributed by atoms with E-state index in [2.05, 4.69) is 6.92 Å². The fourth-order valence-electron chi connectivity index (χ4n) is 3.39. The van der Waals surface area contributed by atoms with E-state index in [9.17, 15) is 19.0 Å². The molecule has 0 bridgehead atoms. The lowest BCUT2D eigenvalue weighted by Gasteiger charge is -2.20. The molecule has 0 aliphatic carbocycles. The highest BCUT2D eigenvalue weighted by molar-refractivity contribution is 7.52. The minimum absolute atomic E-state index is 0.0323. The summed E-state index contributed by atoms with van der Waals surface area (Å²) in [7, 11) is -3.99. The standard InChI is InChI=1S/C23H46NO7P/c1-3-4-5-6-7-8-9-10-11-12-13-14-15-17-21(25)30-18-16-19-32(28,29)31-20(2)22(24)23(26)27/h20,22H,3-19,24H2,1-2H3,(H,26,27)(H,28,29)/t20-,22-/m0/s1. The molecule has 190 valence electrons. The number of rotatable bonds is 22. The lowest BCUT2D eigenvalue weighted by molar-refractivity contribution is -0.144. The van der Waals surface area contributed by atoms with Crippen molar-refractivity contribution in [2.24, 2.45) is 5.73 Å². The van der Waals surface area contributed by atoms with Crippen LogP contribution in [0.3, 0.4) is 0 Å². The Morgan fingerprint density at radius 2 is 1.34 bits per heavy atom. The number of aliphatic carboxylic acids is 1. The van der Waals surface area contributed by atoms with Gasteiger partial charge in [-0.25, -0.2) is 0 Å². The van der Waals surface area contributed by atoms with Gasteiger partial charge in [-0.05, 0) is 19.8 Å². The van der Waals surface area contributed by atoms with E-state index in [1.807, 2.05) is 0 Å². The first kappa shape index (κ1) is 31.0. The number of carbonyl (C=O) groups excluding carboxylic acids is 1. The zero-order valence-electron chi connectivity index (χ0n) is 20.1. The third-order valence-corrected chi connectivity index (χ3v) is 7.00. The first-order chi connectivity index (χ1) is 15.2. The Balaban J connectivity index is 3.57. The van der Waals surface area contributed by atoms with Gasteiger partial charge in [-0.2, -0.15) is 0 Å². The van der Waals surface area contributed by atoms with Gasteiger partial charge >= 0.3 is 19.5 Å². The second-order valence-corrected chi connectivity index (χ2v) is 10.5. The molecule has 0 aromatic rings. The van der Waals surface area contributed by atoms with Gasteiger partial charge in [0.1, 0.15) is 6.04 Å². The van der Waals surface area contributed by atoms with Crippen molar-refractivity contribution in [1.29, 1.82) is 0 Å². The molecule has 4 N–H and O–H groups in total. The van der Waals surface area contributed by atoms with Gasteiger partial charge in [0.25, 0.3) is 0 Å². The van der Waals surface area contributed by atoms with Crippen LogP contribution in [0.5, 0.6) is 0 Å². The molecule has 0 aliphatic rings. The van der Waals surface area contributed by atoms with Crippen LogP contribution >= 0.6 is 7.60 Å². The Morgan fingerprint density at radius 1 is 0.875 bits per heavy atom. The van der Waals surface area contributed by atoms with Gasteiger partial charge in [0.05, 0.1) is 18.9 Å². The summed E-state index contributed by atoms with van der Waals surface area (Å²) in [6.07, 6.45) is 15.3. The second-order valence-electron chi connectivity index (χ2n) is 8.60. The monoisotopic (exact) mass is 479 g/mol. The normalized spacial score (nSPS) is 15.1. The highest BCUT2D eigenvalue weighted by Gasteiger charge is 2.29. The minimum Gasteiger partial charge on any atom is -0.480 e. The first-order valence-electron chi connectivity index (χ1n) is 12.3. The summed E-state index contributed by atoms with van der Waals surface area (Å²) >= 11 is 0. The number of ether oxygens (including phenoxy) is 1. The Hall–Kier alpha value is -0.950. The summed E-state index contributed by atoms with van der Waals surface area (Å²) < 4.78 is 21.9. The van der Waals surface area contributed by atoms with Gasteiger partial charge in [-0.1, -0.05) is 84.0 Å². The van der Waals surface area contributed by atoms with Crippen molar-refractivity contribution in [2.75, 3.05) is 12.8 Å². The Bertz CT molecular complexity index is 544. The van der Waals surface area contributed by atoms with Crippen LogP contribution in [0.25, 0.3) is 0 Å². The Labute approximate surface area is 194 Å². The van der Waals surface area contributed by atoms with Crippen molar-refractivity contribution in [1.82, 2.24) is 0 Å². The van der Waals surface area contributed by atoms with Gasteiger partial charge < -0.3 is 25.0 Å². The second kappa shape index (κ2) is 19.5. The molecule has 9 heteroatoms. The number of carboxylic acid groups (broad SMARTS) is 1. The molecule has 0 spiro atoms. The third-order valence-electron chi connectivity index (χ3n) is 5.45. The number of esters is 1. The van der Waals surface area contributed by atoms with Gasteiger partial charge in [-0.15, -0.1) is 0 Å². The number of hydrogen-bond donors (Lipinski definition) is 3. The number of unbranched alkanes of at least 4 members (excludes halogenated alkanes) is 12. The van der Waals surface area contributed by atoms with Crippen LogP contribution in [0.4, 0.5) is 0 Å². The molecule has 0 heterocycles. The van der Waals surface area contributed by atoms with Crippen molar-refractivity contribution in [2.45, 2.75) is 122 Å². The smallest absolute Gasteiger partial charge is 0.328 e. The molecule has 0 radical (unpaired) electrons. The topological polar surface area (TPSA) is 136 Å². The van der Waals surface area contributed by atoms with E-state index < -0.39 is 25.7 Å². The Morgan fingerprint density at radius 3 is 1.81 bits per heavy atom. The largest absolute Gasteiger partial charge is 0.480 e. The molecule has 8 nitrogen and oxygen atoms in total. The van der Waals surface area contributed by atoms with Crippen LogP contribution in [0.2, 0.25) is 0 Å². The molecule has 0 amide bonds. The number of carbonyl (C=O) groups is 2. The molecule has 32 heavy (non-hydrogen) atoms. The summed E-state index contributed by atoms with van der Waals surface area (Å²) in [6.45, 7) is 3.60. The van der Waals surface area contributed by atoms with Gasteiger partial charge in [-0.3, -0.25) is 14.2 Å². The molecule has 0 aliphatic heterocycles. The van der Waals surface area contributed by atoms with Crippen molar-refractivity contribution < 1.29 is 33.4 Å². The van der Waals surface area contributed by atoms with E-state index in [1.54, 1.807) is 0 Å². The van der Waals surface area contributed by atoms with E-state index in [1.165, 1.54) is 71.1 Å². The van der Waals surface area contributed by atoms with Crippen molar-refractivity contribution >= 4 is 19.5 Å². The molecule has 0 rings (SSSR count). The van der Waals surface area contributed by atoms with Crippen LogP contribution in [-0.4, -0.2) is 46.9 Å². The summed E-state index contributed by atoms with van der Waals surface area (Å²) in [5, 5.41) is 8.78. The first-order valence-corrected chi connectivity index (χ1v) is 14.1. The highest BCUT2D eigenvalue weighted by atomic mass is 31.2. The lowest BCUT2D eigenvalue weighted by Crippen LogP contribution is -2.41. The predicted molar refractivity (Wildman–Crippen MR) is 127 cm³/mol. The van der Waals surface area contributed by atoms with E-state index in [0.29, 0.717) is 6.42 Å². The molecule has 3 atom stereocenters. The molecule has 0 saturated heterocycles. The average molecular weight is 480 g/mol. The fourth-order valence-corrected chi connectivity index (χ4v) is 4.67. The third kappa shape index (κ3) is 18.6. The maximum atomic E-state index is 11.9. The van der Waals surface area contributed by atoms with Gasteiger partial charge in [0.2, 0.25) is 0 Å². The van der Waals surface area contributed by atoms with E-state index in [-0.39, 0.29) is 25.2 Å². The molecular formula is C23H46NO7P. The summed E-state index contributed by atoms with van der Waals surface area (Å²) in [4.78, 5) is 32.3. The number of hydrogen-bond acceptors (Lipinski definition) is 6. The minimum atomic E-state index is -3.99. The zero-order valence-corrected chi connectivity index (χ0v) is 21.0. The molecule has 0 aromatic carbocycles. The van der Waals surface area contributed by atoms with E-state index in [0.717, 1.165) is 19.3 Å². The van der Waals surface area contributed by atoms with E-state index in [4.69, 9.17) is 20.1 Å². The quantitative estimate of drug-likeness (QED) is 0.107. The maximum Gasteiger partial charge on any atom is 0.328 e. The van der Waals surface area contributed by atoms with E-state index >= 15 is 0 Å². The van der Waals surface area contributed by atoms with Crippen LogP contribution < -0.4 is 5.73 Å². The average Bonchev–Trinajstić information content (AvgIpc) is 2.73. The van der Waals surface area contributed by atoms with Crippen molar-refractivity contribution in [3.8, 4) is 0 Å². The predicted octanol–water partition coefficient (Wildman–Crippen LogP) is 5.40. The van der Waals surface area contributed by atoms with Crippen LogP contribution in [0.15, 0.2) is 0 Å². The number of nitrogens with two attached hydrogens (primary N) is 1. The fraction of sp³-hybridized carbons (Fsp3) is 0.913. The molecule has 0 aromatic heterocycles. The summed E-state index contributed by atoms with van der Waals surface area (Å²) in [6, 6.07) is -1.38. The molecule has 0 saturated carbocycles. The number of carboxylic acids is 1. The molecular weight excluding hydrogens is 433 g/mol. The van der Waals surface area contributed by atoms with Crippen LogP contribution in [0, 0.1) is 0 Å². The molecule has 0 fully saturated rings. The highest BCUT2D eigenvalue weighted by Crippen LogP contribution is 2.44.